The molecule has 1 aliphatic rings. The number of anilines is 6. The number of hydrogen-bond donors (Lipinski definition) is 0. The van der Waals surface area contributed by atoms with E-state index >= 15 is 0 Å². The molecule has 4 nitrogen and oxygen atoms in total. The molecule has 2 aromatic heterocycles. The normalized spacial score (nSPS) is 12.6. The number of aryl methyl sites for hydroxylation is 6. The van der Waals surface area contributed by atoms with Crippen molar-refractivity contribution in [2.24, 2.45) is 0 Å². The van der Waals surface area contributed by atoms with Gasteiger partial charge in [-0.15, -0.1) is 0 Å². The first kappa shape index (κ1) is 38.9. The van der Waals surface area contributed by atoms with Crippen LogP contribution in [0.2, 0.25) is 0 Å². The Hall–Kier alpha value is -8.34. The molecule has 2 heterocycles. The van der Waals surface area contributed by atoms with Crippen molar-refractivity contribution < 1.29 is 8.83 Å². The molecule has 0 spiro atoms. The average molecular weight is 875 g/mol. The zero-order valence-electron chi connectivity index (χ0n) is 38.4. The Balaban J connectivity index is 1.08. The van der Waals surface area contributed by atoms with E-state index in [2.05, 4.69) is 219 Å². The Morgan fingerprint density at radius 3 is 1.37 bits per heavy atom. The van der Waals surface area contributed by atoms with Gasteiger partial charge in [0.1, 0.15) is 11.2 Å². The van der Waals surface area contributed by atoms with Crippen molar-refractivity contribution in [1.82, 2.24) is 0 Å². The largest absolute Gasteiger partial charge is 0.454 e. The zero-order chi connectivity index (χ0) is 45.4. The molecule has 13 aromatic rings. The summed E-state index contributed by atoms with van der Waals surface area (Å²) in [6, 6.07) is 66.6. The Bertz CT molecular complexity index is 4240. The third kappa shape index (κ3) is 5.49. The van der Waals surface area contributed by atoms with Crippen LogP contribution in [0.25, 0.3) is 87.0 Å². The van der Waals surface area contributed by atoms with Crippen LogP contribution in [0.3, 0.4) is 0 Å². The van der Waals surface area contributed by atoms with Crippen LogP contribution in [0.15, 0.2) is 191 Å². The van der Waals surface area contributed by atoms with Crippen molar-refractivity contribution in [3.05, 3.63) is 215 Å². The summed E-state index contributed by atoms with van der Waals surface area (Å²) in [4.78, 5) is 5.03. The lowest BCUT2D eigenvalue weighted by Gasteiger charge is -2.34. The summed E-state index contributed by atoms with van der Waals surface area (Å²) < 4.78 is 14.0. The van der Waals surface area contributed by atoms with Gasteiger partial charge in [0, 0.05) is 26.9 Å². The van der Waals surface area contributed by atoms with Crippen molar-refractivity contribution in [2.45, 2.75) is 40.5 Å². The van der Waals surface area contributed by atoms with Crippen molar-refractivity contribution in [3.8, 4) is 0 Å². The molecule has 0 atom stereocenters. The van der Waals surface area contributed by atoms with Gasteiger partial charge in [0.15, 0.2) is 11.2 Å². The maximum absolute atomic E-state index is 7.01. The van der Waals surface area contributed by atoms with Gasteiger partial charge in [0.2, 0.25) is 0 Å². The molecule has 0 bridgehead atoms. The quantitative estimate of drug-likeness (QED) is 0.156. The lowest BCUT2D eigenvalue weighted by Crippen LogP contribution is -2.17. The van der Waals surface area contributed by atoms with Crippen LogP contribution in [0.4, 0.5) is 34.1 Å². The Kier molecular flexibility index (Phi) is 8.34. The van der Waals surface area contributed by atoms with Crippen molar-refractivity contribution >= 4 is 121 Å². The third-order valence-corrected chi connectivity index (χ3v) is 14.9. The van der Waals surface area contributed by atoms with E-state index in [9.17, 15) is 0 Å². The highest BCUT2D eigenvalue weighted by Gasteiger charge is 2.31. The predicted molar refractivity (Wildman–Crippen MR) is 287 cm³/mol. The van der Waals surface area contributed by atoms with Gasteiger partial charge in [0.25, 0.3) is 0 Å². The van der Waals surface area contributed by atoms with Crippen molar-refractivity contribution in [1.29, 1.82) is 0 Å². The number of furan rings is 2. The van der Waals surface area contributed by atoms with Crippen LogP contribution < -0.4 is 9.80 Å². The van der Waals surface area contributed by atoms with Crippen LogP contribution in [0.1, 0.15) is 33.4 Å². The second-order valence-corrected chi connectivity index (χ2v) is 18.9. The minimum absolute atomic E-state index is 0.886. The predicted octanol–water partition coefficient (Wildman–Crippen LogP) is 18.4. The van der Waals surface area contributed by atoms with Gasteiger partial charge in [-0.3, -0.25) is 0 Å². The number of fused-ring (bicyclic) bond motifs is 10. The highest BCUT2D eigenvalue weighted by molar-refractivity contribution is 6.26. The Morgan fingerprint density at radius 2 is 0.809 bits per heavy atom. The first-order chi connectivity index (χ1) is 33.4. The van der Waals surface area contributed by atoms with Gasteiger partial charge in [-0.2, -0.15) is 0 Å². The van der Waals surface area contributed by atoms with Crippen molar-refractivity contribution in [2.75, 3.05) is 9.80 Å². The number of hydrogen-bond acceptors (Lipinski definition) is 4. The van der Waals surface area contributed by atoms with Crippen LogP contribution in [-0.2, 0) is 12.8 Å². The average Bonchev–Trinajstić information content (AvgIpc) is 3.96. The zero-order valence-corrected chi connectivity index (χ0v) is 38.4. The van der Waals surface area contributed by atoms with E-state index in [1.54, 1.807) is 0 Å². The fourth-order valence-corrected chi connectivity index (χ4v) is 12.0. The first-order valence-corrected chi connectivity index (χ1v) is 23.8. The topological polar surface area (TPSA) is 32.8 Å². The number of nitrogens with zero attached hydrogens (tertiary/aromatic N) is 2. The molecule has 0 N–H and O–H groups in total. The Labute approximate surface area is 393 Å². The fourth-order valence-electron chi connectivity index (χ4n) is 12.0. The third-order valence-electron chi connectivity index (χ3n) is 14.9. The summed E-state index contributed by atoms with van der Waals surface area (Å²) in [5.41, 5.74) is 17.8. The van der Waals surface area contributed by atoms with Crippen LogP contribution in [0, 0.1) is 27.7 Å². The minimum Gasteiger partial charge on any atom is -0.454 e. The van der Waals surface area contributed by atoms with Gasteiger partial charge >= 0.3 is 0 Å². The minimum atomic E-state index is 0.886. The molecule has 0 aliphatic heterocycles. The van der Waals surface area contributed by atoms with E-state index in [0.717, 1.165) is 79.5 Å². The summed E-state index contributed by atoms with van der Waals surface area (Å²) in [5, 5.41) is 14.4. The maximum Gasteiger partial charge on any atom is 0.160 e. The molecule has 0 radical (unpaired) electrons. The fraction of sp³-hybridized carbons (Fsp3) is 0.0938. The molecule has 14 rings (SSSR count). The molecule has 324 valence electrons. The highest BCUT2D eigenvalue weighted by atomic mass is 16.3. The molecular formula is C64H46N2O2. The lowest BCUT2D eigenvalue weighted by atomic mass is 9.84. The molecule has 0 saturated carbocycles. The van der Waals surface area contributed by atoms with E-state index in [-0.39, 0.29) is 0 Å². The molecular weight excluding hydrogens is 829 g/mol. The van der Waals surface area contributed by atoms with E-state index in [0.29, 0.717) is 0 Å². The molecule has 0 unspecified atom stereocenters. The summed E-state index contributed by atoms with van der Waals surface area (Å²) in [5.74, 6) is 0. The smallest absolute Gasteiger partial charge is 0.160 e. The van der Waals surface area contributed by atoms with E-state index < -0.39 is 0 Å². The molecule has 11 aromatic carbocycles. The van der Waals surface area contributed by atoms with Gasteiger partial charge < -0.3 is 18.6 Å². The summed E-state index contributed by atoms with van der Waals surface area (Å²) in [7, 11) is 0. The number of para-hydroxylation sites is 4. The first-order valence-electron chi connectivity index (χ1n) is 23.8. The van der Waals surface area contributed by atoms with Gasteiger partial charge in [-0.25, -0.2) is 0 Å². The van der Waals surface area contributed by atoms with E-state index in [4.69, 9.17) is 8.83 Å². The summed E-state index contributed by atoms with van der Waals surface area (Å²) in [6.45, 7) is 8.96. The maximum atomic E-state index is 7.01. The molecule has 4 heteroatoms. The second-order valence-electron chi connectivity index (χ2n) is 18.9. The lowest BCUT2D eigenvalue weighted by molar-refractivity contribution is 0.669. The Morgan fingerprint density at radius 1 is 0.338 bits per heavy atom. The van der Waals surface area contributed by atoms with Gasteiger partial charge in [-0.05, 0) is 148 Å². The van der Waals surface area contributed by atoms with Crippen LogP contribution >= 0.6 is 0 Å². The molecule has 0 amide bonds. The standard InChI is InChI=1S/C64H46N2O2/c1-37-15-13-16-38(2)61(37)65(53-35-43-19-5-7-21-45(43)59-49-23-9-11-25-55(49)67-63(53)59)51-33-29-41-28-32-48-52(34-30-42-27-31-47(51)57(41)58(42)48)66(62-39(3)17-14-18-40(62)4)54-36-44-20-6-8-22-46(44)60-50-24-10-12-26-56(50)68-64(54)60/h5-27,29-31,33-36H,28,32H2,1-4H3. The molecule has 68 heavy (non-hydrogen) atoms. The summed E-state index contributed by atoms with van der Waals surface area (Å²) >= 11 is 0. The van der Waals surface area contributed by atoms with E-state index in [1.165, 1.54) is 87.8 Å². The molecule has 1 aliphatic carbocycles. The monoisotopic (exact) mass is 874 g/mol. The second kappa shape index (κ2) is 14.6. The van der Waals surface area contributed by atoms with E-state index in [1.807, 2.05) is 0 Å². The van der Waals surface area contributed by atoms with Crippen LogP contribution in [-0.4, -0.2) is 0 Å². The molecule has 0 fully saturated rings. The van der Waals surface area contributed by atoms with Crippen molar-refractivity contribution in [3.63, 3.8) is 0 Å². The van der Waals surface area contributed by atoms with Gasteiger partial charge in [-0.1, -0.05) is 146 Å². The SMILES string of the molecule is Cc1cccc(C)c1N(c1ccc2ccc3c(N(c4c(C)cccc4C)c4cc5ccccc5c5c4oc4ccccc45)ccc4c3c2c1CC4)c1cc2ccccc2c2c1oc1ccccc12. The molecule has 0 saturated heterocycles. The van der Waals surface area contributed by atoms with Gasteiger partial charge in [0.05, 0.1) is 34.1 Å². The van der Waals surface area contributed by atoms with Crippen LogP contribution in [0.5, 0.6) is 0 Å². The highest BCUT2D eigenvalue weighted by Crippen LogP contribution is 2.53. The number of benzene rings is 11. The summed E-state index contributed by atoms with van der Waals surface area (Å²) in [6.07, 6.45) is 1.83. The number of rotatable bonds is 6.